The highest BCUT2D eigenvalue weighted by molar-refractivity contribution is 8.14. The number of fused-ring (bicyclic) bond motifs is 2. The summed E-state index contributed by atoms with van der Waals surface area (Å²) in [6, 6.07) is 20.8. The van der Waals surface area contributed by atoms with E-state index in [1.807, 2.05) is 44.2 Å². The zero-order valence-electron chi connectivity index (χ0n) is 25.3. The van der Waals surface area contributed by atoms with Crippen molar-refractivity contribution in [1.82, 2.24) is 10.6 Å². The van der Waals surface area contributed by atoms with Gasteiger partial charge in [0.1, 0.15) is 4.90 Å². The van der Waals surface area contributed by atoms with Crippen LogP contribution in [0.15, 0.2) is 82.6 Å². The Morgan fingerprint density at radius 2 is 1.00 bits per heavy atom. The summed E-state index contributed by atoms with van der Waals surface area (Å²) in [5.41, 5.74) is 2.03. The van der Waals surface area contributed by atoms with Crippen LogP contribution >= 0.6 is 10.7 Å². The van der Waals surface area contributed by atoms with Gasteiger partial charge in [0.05, 0.1) is 4.90 Å². The molecule has 0 aliphatic carbocycles. The fraction of sp³-hybridized carbons (Fsp3) is 0.312. The van der Waals surface area contributed by atoms with E-state index in [1.54, 1.807) is 30.3 Å². The molecule has 0 aromatic heterocycles. The molecular weight excluding hydrogens is 624 g/mol. The van der Waals surface area contributed by atoms with E-state index in [2.05, 4.69) is 10.6 Å². The number of hydrogen-bond acceptors (Lipinski definition) is 6. The minimum absolute atomic E-state index is 0.0524. The molecule has 12 heteroatoms. The van der Waals surface area contributed by atoms with Gasteiger partial charge in [-0.2, -0.15) is 8.42 Å². The summed E-state index contributed by atoms with van der Waals surface area (Å²) in [6.45, 7) is 8.12. The van der Waals surface area contributed by atoms with Crippen LogP contribution in [0.25, 0.3) is 21.5 Å². The Bertz CT molecular complexity index is 1680. The fourth-order valence-electron chi connectivity index (χ4n) is 4.65. The van der Waals surface area contributed by atoms with Crippen molar-refractivity contribution in [2.45, 2.75) is 63.2 Å². The molecule has 0 saturated heterocycles. The smallest absolute Gasteiger partial charge is 0.295 e. The van der Waals surface area contributed by atoms with Crippen LogP contribution in [0.5, 0.6) is 0 Å². The quantitative estimate of drug-likeness (QED) is 0.107. The lowest BCUT2D eigenvalue weighted by molar-refractivity contribution is -0.119. The van der Waals surface area contributed by atoms with E-state index < -0.39 is 19.2 Å². The highest BCUT2D eigenvalue weighted by atomic mass is 35.7. The first kappa shape index (κ1) is 36.7. The molecule has 4 rings (SSSR count). The predicted octanol–water partition coefficient (Wildman–Crippen LogP) is 6.02. The minimum Gasteiger partial charge on any atom is -0.356 e. The lowest BCUT2D eigenvalue weighted by Gasteiger charge is -2.09. The number of hydrogen-bond donors (Lipinski definition) is 3. The first-order chi connectivity index (χ1) is 20.8. The van der Waals surface area contributed by atoms with Crippen molar-refractivity contribution in [3.63, 3.8) is 0 Å². The standard InChI is InChI=1S/C15H16ClNO3S.C15H17NO4S.C2H6/c1-11(18)17-10-4-6-12-5-2-8-14-13(12)7-3-9-15(14)21(16,19)20;1-11(17)16-10-4-6-12-5-2-8-14-13(12)7-3-9-15(14)21(18,19)20;1-2/h2-3,5,7-9H,4,6,10H2,1H3,(H,17,18);2-3,5,7-9H,4,6,10H2,1H3,(H,16,17)(H,18,19,20);1-2H3. The lowest BCUT2D eigenvalue weighted by atomic mass is 10.0. The van der Waals surface area contributed by atoms with E-state index in [9.17, 15) is 31.0 Å². The summed E-state index contributed by atoms with van der Waals surface area (Å²) >= 11 is 0. The molecule has 0 heterocycles. The third kappa shape index (κ3) is 10.9. The van der Waals surface area contributed by atoms with Crippen molar-refractivity contribution in [2.24, 2.45) is 0 Å². The Labute approximate surface area is 264 Å². The van der Waals surface area contributed by atoms with Crippen LogP contribution in [0.2, 0.25) is 0 Å². The summed E-state index contributed by atoms with van der Waals surface area (Å²) in [6.07, 6.45) is 3.02. The molecule has 0 bridgehead atoms. The number of halogens is 1. The van der Waals surface area contributed by atoms with Crippen molar-refractivity contribution >= 4 is 63.2 Å². The van der Waals surface area contributed by atoms with Crippen molar-refractivity contribution in [3.05, 3.63) is 83.9 Å². The topological polar surface area (TPSA) is 147 Å². The molecule has 238 valence electrons. The van der Waals surface area contributed by atoms with Gasteiger partial charge in [-0.1, -0.05) is 74.5 Å². The summed E-state index contributed by atoms with van der Waals surface area (Å²) in [5, 5.41) is 8.29. The van der Waals surface area contributed by atoms with Gasteiger partial charge in [-0.15, -0.1) is 0 Å². The van der Waals surface area contributed by atoms with Gasteiger partial charge in [0.25, 0.3) is 19.2 Å². The molecule has 0 fully saturated rings. The Balaban J connectivity index is 0.000000291. The Hall–Kier alpha value is -3.51. The molecule has 0 spiro atoms. The molecule has 0 atom stereocenters. The second kappa shape index (κ2) is 17.1. The third-order valence-corrected chi connectivity index (χ3v) is 8.77. The molecular formula is C32H39ClN2O7S2. The Morgan fingerprint density at radius 1 is 0.636 bits per heavy atom. The highest BCUT2D eigenvalue weighted by Gasteiger charge is 2.16. The van der Waals surface area contributed by atoms with E-state index in [0.717, 1.165) is 41.2 Å². The van der Waals surface area contributed by atoms with Crippen LogP contribution in [0, 0.1) is 0 Å². The van der Waals surface area contributed by atoms with Crippen molar-refractivity contribution < 1.29 is 31.0 Å². The van der Waals surface area contributed by atoms with E-state index in [-0.39, 0.29) is 21.6 Å². The van der Waals surface area contributed by atoms with E-state index in [1.165, 1.54) is 26.0 Å². The molecule has 4 aromatic rings. The predicted molar refractivity (Wildman–Crippen MR) is 176 cm³/mol. The van der Waals surface area contributed by atoms with Crippen LogP contribution in [0.4, 0.5) is 0 Å². The molecule has 44 heavy (non-hydrogen) atoms. The number of carbonyl (C=O) groups is 2. The minimum atomic E-state index is -4.24. The lowest BCUT2D eigenvalue weighted by Crippen LogP contribution is -2.21. The average Bonchev–Trinajstić information content (AvgIpc) is 2.97. The molecule has 0 unspecified atom stereocenters. The molecule has 2 amide bonds. The fourth-order valence-corrected chi connectivity index (χ4v) is 6.44. The molecule has 3 N–H and O–H groups in total. The maximum Gasteiger partial charge on any atom is 0.295 e. The zero-order chi connectivity index (χ0) is 32.9. The largest absolute Gasteiger partial charge is 0.356 e. The Morgan fingerprint density at radius 3 is 1.39 bits per heavy atom. The maximum atomic E-state index is 11.6. The number of carbonyl (C=O) groups excluding carboxylic acids is 2. The zero-order valence-corrected chi connectivity index (χ0v) is 27.7. The molecule has 0 aliphatic heterocycles. The monoisotopic (exact) mass is 662 g/mol. The van der Waals surface area contributed by atoms with Crippen LogP contribution in [-0.2, 0) is 41.6 Å². The number of rotatable bonds is 10. The molecule has 0 aliphatic rings. The van der Waals surface area contributed by atoms with Crippen LogP contribution in [0.3, 0.4) is 0 Å². The number of amides is 2. The first-order valence-corrected chi connectivity index (χ1v) is 18.0. The van der Waals surface area contributed by atoms with Crippen LogP contribution in [0.1, 0.15) is 51.7 Å². The summed E-state index contributed by atoms with van der Waals surface area (Å²) in [7, 11) is -2.53. The SMILES string of the molecule is CC.CC(=O)NCCCc1cccc2c(S(=O)(=O)Cl)cccc12.CC(=O)NCCCc1cccc2c(S(=O)(=O)O)cccc12. The van der Waals surface area contributed by atoms with Crippen LogP contribution < -0.4 is 10.6 Å². The van der Waals surface area contributed by atoms with Crippen molar-refractivity contribution in [1.29, 1.82) is 0 Å². The van der Waals surface area contributed by atoms with Crippen molar-refractivity contribution in [3.8, 4) is 0 Å². The van der Waals surface area contributed by atoms with Gasteiger partial charge >= 0.3 is 0 Å². The number of aryl methyl sites for hydroxylation is 2. The molecule has 0 radical (unpaired) electrons. The first-order valence-electron chi connectivity index (χ1n) is 14.2. The van der Waals surface area contributed by atoms with Gasteiger partial charge in [-0.3, -0.25) is 14.1 Å². The van der Waals surface area contributed by atoms with Gasteiger partial charge in [0.15, 0.2) is 0 Å². The number of benzene rings is 4. The molecule has 0 saturated carbocycles. The van der Waals surface area contributed by atoms with Gasteiger partial charge in [-0.05, 0) is 59.7 Å². The van der Waals surface area contributed by atoms with Crippen molar-refractivity contribution in [2.75, 3.05) is 13.1 Å². The normalized spacial score (nSPS) is 11.1. The maximum absolute atomic E-state index is 11.6. The third-order valence-electron chi connectivity index (χ3n) is 6.48. The summed E-state index contributed by atoms with van der Waals surface area (Å²) in [5.74, 6) is -0.120. The summed E-state index contributed by atoms with van der Waals surface area (Å²) in [4.78, 5) is 21.7. The highest BCUT2D eigenvalue weighted by Crippen LogP contribution is 2.29. The van der Waals surface area contributed by atoms with E-state index in [4.69, 9.17) is 10.7 Å². The summed E-state index contributed by atoms with van der Waals surface area (Å²) < 4.78 is 55.3. The second-order valence-corrected chi connectivity index (χ2v) is 13.5. The second-order valence-electron chi connectivity index (χ2n) is 9.62. The van der Waals surface area contributed by atoms with Crippen LogP contribution in [-0.4, -0.2) is 46.3 Å². The van der Waals surface area contributed by atoms with Gasteiger partial charge in [0.2, 0.25) is 11.8 Å². The van der Waals surface area contributed by atoms with Gasteiger partial charge in [-0.25, -0.2) is 8.42 Å². The van der Waals surface area contributed by atoms with E-state index in [0.29, 0.717) is 30.3 Å². The average molecular weight is 663 g/mol. The molecule has 4 aromatic carbocycles. The van der Waals surface area contributed by atoms with Gasteiger partial charge in [0, 0.05) is 48.4 Å². The molecule has 9 nitrogen and oxygen atoms in total. The number of nitrogens with one attached hydrogen (secondary N) is 2. The van der Waals surface area contributed by atoms with E-state index >= 15 is 0 Å². The van der Waals surface area contributed by atoms with Gasteiger partial charge < -0.3 is 10.6 Å². The Kier molecular flexibility index (Phi) is 14.3.